The van der Waals surface area contributed by atoms with Crippen LogP contribution < -0.4 is 19.7 Å². The molecule has 1 fully saturated rings. The summed E-state index contributed by atoms with van der Waals surface area (Å²) >= 11 is 6.73. The van der Waals surface area contributed by atoms with Crippen LogP contribution in [0.1, 0.15) is 22.3 Å². The number of thioether (sulfide) groups is 1. The smallest absolute Gasteiger partial charge is 0.270 e. The van der Waals surface area contributed by atoms with E-state index in [9.17, 15) is 9.59 Å². The molecular weight excluding hydrogens is 492 g/mol. The minimum absolute atomic E-state index is 0.168. The highest BCUT2D eigenvalue weighted by Gasteiger charge is 2.33. The summed E-state index contributed by atoms with van der Waals surface area (Å²) in [6.45, 7) is 5.71. The summed E-state index contributed by atoms with van der Waals surface area (Å²) in [5.74, 6) is 0.447. The second kappa shape index (κ2) is 11.0. The predicted molar refractivity (Wildman–Crippen MR) is 150 cm³/mol. The monoisotopic (exact) mass is 518 g/mol. The third-order valence-corrected chi connectivity index (χ3v) is 6.87. The molecule has 0 spiro atoms. The van der Waals surface area contributed by atoms with Gasteiger partial charge in [-0.25, -0.2) is 0 Å². The lowest BCUT2D eigenvalue weighted by Crippen LogP contribution is -2.27. The van der Waals surface area contributed by atoms with Crippen molar-refractivity contribution in [1.82, 2.24) is 0 Å². The Bertz CT molecular complexity index is 1380. The number of ether oxygens (including phenoxy) is 2. The fourth-order valence-corrected chi connectivity index (χ4v) is 5.00. The molecule has 2 amide bonds. The van der Waals surface area contributed by atoms with E-state index >= 15 is 0 Å². The molecule has 1 N–H and O–H groups in total. The van der Waals surface area contributed by atoms with Crippen molar-refractivity contribution in [1.29, 1.82) is 0 Å². The third-order valence-electron chi connectivity index (χ3n) is 5.56. The number of aryl methyl sites for hydroxylation is 3. The Morgan fingerprint density at radius 1 is 1.03 bits per heavy atom. The van der Waals surface area contributed by atoms with E-state index < -0.39 is 0 Å². The zero-order chi connectivity index (χ0) is 25.8. The molecule has 0 aromatic heterocycles. The molecular formula is C28H26N2O4S2. The van der Waals surface area contributed by atoms with Gasteiger partial charge in [-0.05, 0) is 79.4 Å². The van der Waals surface area contributed by atoms with Crippen molar-refractivity contribution in [3.63, 3.8) is 0 Å². The Kier molecular flexibility index (Phi) is 7.76. The van der Waals surface area contributed by atoms with Crippen LogP contribution in [0, 0.1) is 20.8 Å². The first-order valence-corrected chi connectivity index (χ1v) is 12.5. The number of anilines is 2. The van der Waals surface area contributed by atoms with Gasteiger partial charge < -0.3 is 14.8 Å². The zero-order valence-electron chi connectivity index (χ0n) is 20.5. The van der Waals surface area contributed by atoms with Crippen LogP contribution >= 0.6 is 24.0 Å². The summed E-state index contributed by atoms with van der Waals surface area (Å²) in [6, 6.07) is 18.8. The van der Waals surface area contributed by atoms with E-state index in [0.29, 0.717) is 20.7 Å². The van der Waals surface area contributed by atoms with Gasteiger partial charge in [0.1, 0.15) is 0 Å². The van der Waals surface area contributed by atoms with E-state index in [1.807, 2.05) is 63.2 Å². The molecule has 1 aliphatic rings. The lowest BCUT2D eigenvalue weighted by atomic mass is 10.1. The first-order valence-electron chi connectivity index (χ1n) is 11.3. The minimum atomic E-state index is -0.269. The molecule has 3 aromatic rings. The normalized spacial score (nSPS) is 14.3. The van der Waals surface area contributed by atoms with Gasteiger partial charge in [0, 0.05) is 5.69 Å². The van der Waals surface area contributed by atoms with Gasteiger partial charge in [-0.3, -0.25) is 14.5 Å². The predicted octanol–water partition coefficient (Wildman–Crippen LogP) is 6.04. The molecule has 4 rings (SSSR count). The maximum absolute atomic E-state index is 13.1. The summed E-state index contributed by atoms with van der Waals surface area (Å²) in [5.41, 5.74) is 5.35. The average molecular weight is 519 g/mol. The number of nitrogens with one attached hydrogen (secondary N) is 1. The Hall–Kier alpha value is -3.62. The highest BCUT2D eigenvalue weighted by atomic mass is 32.2. The van der Waals surface area contributed by atoms with Gasteiger partial charge in [-0.2, -0.15) is 0 Å². The molecule has 0 saturated carbocycles. The Labute approximate surface area is 220 Å². The van der Waals surface area contributed by atoms with E-state index in [1.165, 1.54) is 18.9 Å². The fraction of sp³-hybridized carbons (Fsp3) is 0.179. The average Bonchev–Trinajstić information content (AvgIpc) is 3.12. The molecule has 3 aromatic carbocycles. The number of hydrogen-bond donors (Lipinski definition) is 1. The number of nitrogens with zero attached hydrogens (tertiary/aromatic N) is 1. The second-order valence-electron chi connectivity index (χ2n) is 8.42. The Balaban J connectivity index is 1.46. The number of hydrogen-bond acceptors (Lipinski definition) is 6. The minimum Gasteiger partial charge on any atom is -0.493 e. The van der Waals surface area contributed by atoms with E-state index in [2.05, 4.69) is 5.32 Å². The second-order valence-corrected chi connectivity index (χ2v) is 10.1. The number of thiocarbonyl (C=S) groups is 1. The summed E-state index contributed by atoms with van der Waals surface area (Å²) in [4.78, 5) is 27.6. The molecule has 1 saturated heterocycles. The van der Waals surface area contributed by atoms with Crippen LogP contribution in [0.25, 0.3) is 6.08 Å². The summed E-state index contributed by atoms with van der Waals surface area (Å²) < 4.78 is 11.7. The molecule has 0 bridgehead atoms. The van der Waals surface area contributed by atoms with E-state index in [-0.39, 0.29) is 18.4 Å². The molecule has 6 nitrogen and oxygen atoms in total. The van der Waals surface area contributed by atoms with E-state index in [4.69, 9.17) is 21.7 Å². The highest BCUT2D eigenvalue weighted by Crippen LogP contribution is 2.37. The number of rotatable bonds is 7. The molecule has 8 heteroatoms. The molecule has 0 atom stereocenters. The fourth-order valence-electron chi connectivity index (χ4n) is 3.70. The van der Waals surface area contributed by atoms with Crippen molar-refractivity contribution in [3.8, 4) is 11.5 Å². The first kappa shape index (κ1) is 25.5. The Morgan fingerprint density at radius 2 is 1.81 bits per heavy atom. The quantitative estimate of drug-likeness (QED) is 0.304. The van der Waals surface area contributed by atoms with Gasteiger partial charge in [-0.15, -0.1) is 0 Å². The van der Waals surface area contributed by atoms with Gasteiger partial charge in [0.05, 0.1) is 17.7 Å². The standard InChI is InChI=1S/C28H26N2O4S2/c1-17-6-5-7-21(12-17)30-27(32)25(36-28(30)35)15-20-10-11-23(24(14-20)33-4)34-16-26(31)29-22-13-18(2)8-9-19(22)3/h5-15H,16H2,1-4H3,(H,29,31)/b25-15-. The van der Waals surface area contributed by atoms with Crippen molar-refractivity contribution < 1.29 is 19.1 Å². The van der Waals surface area contributed by atoms with Gasteiger partial charge in [0.15, 0.2) is 22.4 Å². The van der Waals surface area contributed by atoms with E-state index in [0.717, 1.165) is 33.6 Å². The summed E-state index contributed by atoms with van der Waals surface area (Å²) in [5, 5.41) is 2.88. The maximum Gasteiger partial charge on any atom is 0.270 e. The Morgan fingerprint density at radius 3 is 2.56 bits per heavy atom. The van der Waals surface area contributed by atoms with Gasteiger partial charge >= 0.3 is 0 Å². The molecule has 184 valence electrons. The van der Waals surface area contributed by atoms with Crippen LogP contribution in [0.5, 0.6) is 11.5 Å². The van der Waals surface area contributed by atoms with Crippen LogP contribution in [0.15, 0.2) is 65.6 Å². The first-order chi connectivity index (χ1) is 17.2. The number of carbonyl (C=O) groups excluding carboxylic acids is 2. The van der Waals surface area contributed by atoms with Crippen LogP contribution in [0.4, 0.5) is 11.4 Å². The van der Waals surface area contributed by atoms with Crippen LogP contribution in [0.2, 0.25) is 0 Å². The third kappa shape index (κ3) is 5.78. The van der Waals surface area contributed by atoms with Crippen molar-refractivity contribution in [2.45, 2.75) is 20.8 Å². The highest BCUT2D eigenvalue weighted by molar-refractivity contribution is 8.27. The SMILES string of the molecule is COc1cc(/C=C2\SC(=S)N(c3cccc(C)c3)C2=O)ccc1OCC(=O)Nc1cc(C)ccc1C. The maximum atomic E-state index is 13.1. The van der Waals surface area contributed by atoms with Crippen molar-refractivity contribution >= 4 is 57.6 Å². The van der Waals surface area contributed by atoms with Gasteiger partial charge in [0.25, 0.3) is 11.8 Å². The molecule has 1 aliphatic heterocycles. The van der Waals surface area contributed by atoms with Crippen LogP contribution in [-0.4, -0.2) is 29.9 Å². The van der Waals surface area contributed by atoms with Crippen LogP contribution in [0.3, 0.4) is 0 Å². The summed E-state index contributed by atoms with van der Waals surface area (Å²) in [6.07, 6.45) is 1.77. The number of carbonyl (C=O) groups is 2. The molecule has 0 aliphatic carbocycles. The number of amides is 2. The van der Waals surface area contributed by atoms with Crippen molar-refractivity contribution in [2.75, 3.05) is 23.9 Å². The van der Waals surface area contributed by atoms with E-state index in [1.54, 1.807) is 29.2 Å². The van der Waals surface area contributed by atoms with Gasteiger partial charge in [0.2, 0.25) is 0 Å². The number of benzene rings is 3. The molecule has 36 heavy (non-hydrogen) atoms. The van der Waals surface area contributed by atoms with Gasteiger partial charge in [-0.1, -0.05) is 54.3 Å². The molecule has 0 radical (unpaired) electrons. The topological polar surface area (TPSA) is 67.9 Å². The number of methoxy groups -OCH3 is 1. The lowest BCUT2D eigenvalue weighted by molar-refractivity contribution is -0.118. The lowest BCUT2D eigenvalue weighted by Gasteiger charge is -2.15. The molecule has 1 heterocycles. The largest absolute Gasteiger partial charge is 0.493 e. The zero-order valence-corrected chi connectivity index (χ0v) is 22.1. The van der Waals surface area contributed by atoms with Crippen molar-refractivity contribution in [2.24, 2.45) is 0 Å². The molecule has 0 unspecified atom stereocenters. The van der Waals surface area contributed by atoms with Crippen LogP contribution in [-0.2, 0) is 9.59 Å². The van der Waals surface area contributed by atoms with Crippen molar-refractivity contribution in [3.05, 3.63) is 87.8 Å². The summed E-state index contributed by atoms with van der Waals surface area (Å²) in [7, 11) is 1.53.